The minimum Gasteiger partial charge on any atom is -0.481 e. The van der Waals surface area contributed by atoms with Crippen molar-refractivity contribution in [3.8, 4) is 11.1 Å². The molecule has 2 unspecified atom stereocenters. The van der Waals surface area contributed by atoms with Gasteiger partial charge in [-0.3, -0.25) is 4.79 Å². The first-order valence-corrected chi connectivity index (χ1v) is 9.44. The van der Waals surface area contributed by atoms with E-state index < -0.39 is 11.5 Å². The highest BCUT2D eigenvalue weighted by Crippen LogP contribution is 2.58. The van der Waals surface area contributed by atoms with E-state index in [1.54, 1.807) is 4.90 Å². The van der Waals surface area contributed by atoms with Crippen molar-refractivity contribution in [3.05, 3.63) is 59.7 Å². The van der Waals surface area contributed by atoms with Gasteiger partial charge in [-0.1, -0.05) is 48.5 Å². The van der Waals surface area contributed by atoms with Crippen molar-refractivity contribution in [1.82, 2.24) is 4.90 Å². The number of aliphatic carboxylic acids is 1. The summed E-state index contributed by atoms with van der Waals surface area (Å²) in [5.74, 6) is -0.515. The van der Waals surface area contributed by atoms with Crippen LogP contribution in [0.2, 0.25) is 0 Å². The first-order chi connectivity index (χ1) is 13.1. The standard InChI is InChI=1S/C22H21NO4/c24-20(25)12-22-11-14(22)9-10-23(22)21(26)27-13-19-17-7-3-1-5-15(17)16-6-2-4-8-18(16)19/h1-8,14,19H,9-13H2,(H,24,25). The highest BCUT2D eigenvalue weighted by molar-refractivity contribution is 5.79. The second kappa shape index (κ2) is 5.84. The zero-order chi connectivity index (χ0) is 18.6. The summed E-state index contributed by atoms with van der Waals surface area (Å²) in [7, 11) is 0. The molecule has 1 saturated carbocycles. The Morgan fingerprint density at radius 1 is 1.07 bits per heavy atom. The molecule has 5 rings (SSSR count). The number of amides is 1. The fraction of sp³-hybridized carbons (Fsp3) is 0.364. The zero-order valence-electron chi connectivity index (χ0n) is 14.9. The number of carbonyl (C=O) groups is 2. The molecular weight excluding hydrogens is 342 g/mol. The van der Waals surface area contributed by atoms with Crippen molar-refractivity contribution in [1.29, 1.82) is 0 Å². The summed E-state index contributed by atoms with van der Waals surface area (Å²) < 4.78 is 5.72. The predicted molar refractivity (Wildman–Crippen MR) is 99.5 cm³/mol. The van der Waals surface area contributed by atoms with E-state index >= 15 is 0 Å². The molecule has 2 fully saturated rings. The molecule has 2 aliphatic carbocycles. The monoisotopic (exact) mass is 363 g/mol. The van der Waals surface area contributed by atoms with Crippen LogP contribution in [0.1, 0.15) is 36.3 Å². The fourth-order valence-electron chi connectivity index (χ4n) is 5.10. The number of piperidine rings is 1. The second-order valence-corrected chi connectivity index (χ2v) is 7.82. The molecule has 138 valence electrons. The van der Waals surface area contributed by atoms with Crippen molar-refractivity contribution < 1.29 is 19.4 Å². The van der Waals surface area contributed by atoms with Gasteiger partial charge in [0.05, 0.1) is 12.0 Å². The maximum Gasteiger partial charge on any atom is 0.410 e. The van der Waals surface area contributed by atoms with Crippen LogP contribution in [0, 0.1) is 5.92 Å². The van der Waals surface area contributed by atoms with Crippen LogP contribution in [0.5, 0.6) is 0 Å². The normalized spacial score (nSPS) is 24.9. The molecule has 5 nitrogen and oxygen atoms in total. The molecule has 2 aromatic rings. The van der Waals surface area contributed by atoms with Crippen LogP contribution in [0.25, 0.3) is 11.1 Å². The molecule has 1 saturated heterocycles. The van der Waals surface area contributed by atoms with Crippen LogP contribution in [-0.4, -0.2) is 40.8 Å². The highest BCUT2D eigenvalue weighted by atomic mass is 16.6. The van der Waals surface area contributed by atoms with E-state index in [1.807, 2.05) is 24.3 Å². The number of benzene rings is 2. The van der Waals surface area contributed by atoms with Crippen LogP contribution in [0.4, 0.5) is 4.79 Å². The van der Waals surface area contributed by atoms with Gasteiger partial charge >= 0.3 is 12.1 Å². The minimum atomic E-state index is -0.851. The largest absolute Gasteiger partial charge is 0.481 e. The number of hydrogen-bond acceptors (Lipinski definition) is 3. The lowest BCUT2D eigenvalue weighted by Gasteiger charge is -2.27. The van der Waals surface area contributed by atoms with E-state index in [9.17, 15) is 14.7 Å². The summed E-state index contributed by atoms with van der Waals surface area (Å²) in [4.78, 5) is 25.6. The number of nitrogens with zero attached hydrogens (tertiary/aromatic N) is 1. The summed E-state index contributed by atoms with van der Waals surface area (Å²) in [6.07, 6.45) is 1.29. The van der Waals surface area contributed by atoms with Gasteiger partial charge in [0.15, 0.2) is 0 Å². The van der Waals surface area contributed by atoms with E-state index in [-0.39, 0.29) is 25.0 Å². The number of fused-ring (bicyclic) bond motifs is 4. The summed E-state index contributed by atoms with van der Waals surface area (Å²) in [5, 5.41) is 9.21. The lowest BCUT2D eigenvalue weighted by atomic mass is 9.98. The molecule has 0 bridgehead atoms. The van der Waals surface area contributed by atoms with Gasteiger partial charge in [-0.15, -0.1) is 0 Å². The Kier molecular flexibility index (Phi) is 3.54. The summed E-state index contributed by atoms with van der Waals surface area (Å²) in [6, 6.07) is 16.5. The molecule has 1 N–H and O–H groups in total. The Morgan fingerprint density at radius 3 is 2.30 bits per heavy atom. The first-order valence-electron chi connectivity index (χ1n) is 9.44. The summed E-state index contributed by atoms with van der Waals surface area (Å²) in [6.45, 7) is 0.867. The summed E-state index contributed by atoms with van der Waals surface area (Å²) in [5.41, 5.74) is 4.24. The van der Waals surface area contributed by atoms with Gasteiger partial charge < -0.3 is 14.7 Å². The lowest BCUT2D eigenvalue weighted by Crippen LogP contribution is -2.42. The molecule has 2 aromatic carbocycles. The van der Waals surface area contributed by atoms with Crippen molar-refractivity contribution in [2.24, 2.45) is 5.92 Å². The smallest absolute Gasteiger partial charge is 0.410 e. The van der Waals surface area contributed by atoms with Crippen LogP contribution < -0.4 is 0 Å². The molecule has 0 aromatic heterocycles. The van der Waals surface area contributed by atoms with Gasteiger partial charge in [0, 0.05) is 12.5 Å². The quantitative estimate of drug-likeness (QED) is 0.895. The Balaban J connectivity index is 1.35. The number of carboxylic acid groups (broad SMARTS) is 1. The SMILES string of the molecule is O=C(O)CC12CC1CCN2C(=O)OCC1c2ccccc2-c2ccccc21. The number of carboxylic acids is 1. The molecule has 3 aliphatic rings. The molecule has 1 aliphatic heterocycles. The molecular formula is C22H21NO4. The number of rotatable bonds is 4. The highest BCUT2D eigenvalue weighted by Gasteiger charge is 2.64. The molecule has 5 heteroatoms. The van der Waals surface area contributed by atoms with Gasteiger partial charge in [-0.05, 0) is 41.0 Å². The third-order valence-corrected chi connectivity index (χ3v) is 6.45. The van der Waals surface area contributed by atoms with Crippen LogP contribution >= 0.6 is 0 Å². The topological polar surface area (TPSA) is 66.8 Å². The maximum atomic E-state index is 12.8. The van der Waals surface area contributed by atoms with Crippen molar-refractivity contribution >= 4 is 12.1 Å². The zero-order valence-corrected chi connectivity index (χ0v) is 14.9. The number of likely N-dealkylation sites (tertiary alicyclic amines) is 1. The van der Waals surface area contributed by atoms with Crippen LogP contribution in [-0.2, 0) is 9.53 Å². The van der Waals surface area contributed by atoms with Crippen molar-refractivity contribution in [3.63, 3.8) is 0 Å². The molecule has 2 atom stereocenters. The summed E-state index contributed by atoms with van der Waals surface area (Å²) >= 11 is 0. The molecule has 0 radical (unpaired) electrons. The van der Waals surface area contributed by atoms with Gasteiger partial charge in [-0.25, -0.2) is 4.79 Å². The molecule has 1 heterocycles. The lowest BCUT2D eigenvalue weighted by molar-refractivity contribution is -0.138. The van der Waals surface area contributed by atoms with Gasteiger partial charge in [0.25, 0.3) is 0 Å². The van der Waals surface area contributed by atoms with Crippen molar-refractivity contribution in [2.75, 3.05) is 13.2 Å². The average Bonchev–Trinajstić information content (AvgIpc) is 3.09. The molecule has 27 heavy (non-hydrogen) atoms. The van der Waals surface area contributed by atoms with Crippen LogP contribution in [0.15, 0.2) is 48.5 Å². The van der Waals surface area contributed by atoms with Gasteiger partial charge in [0.2, 0.25) is 0 Å². The Bertz CT molecular complexity index is 894. The van der Waals surface area contributed by atoms with Crippen molar-refractivity contribution in [2.45, 2.75) is 30.7 Å². The molecule has 0 spiro atoms. The Morgan fingerprint density at radius 2 is 1.70 bits per heavy atom. The first kappa shape index (κ1) is 16.4. The number of hydrogen-bond donors (Lipinski definition) is 1. The van der Waals surface area contributed by atoms with Gasteiger partial charge in [0.1, 0.15) is 6.61 Å². The Labute approximate surface area is 157 Å². The Hall–Kier alpha value is -2.82. The van der Waals surface area contributed by atoms with E-state index in [0.717, 1.165) is 12.8 Å². The fourth-order valence-corrected chi connectivity index (χ4v) is 5.10. The molecule has 1 amide bonds. The third-order valence-electron chi connectivity index (χ3n) is 6.45. The average molecular weight is 363 g/mol. The second-order valence-electron chi connectivity index (χ2n) is 7.82. The predicted octanol–water partition coefficient (Wildman–Crippen LogP) is 3.87. The minimum absolute atomic E-state index is 0.0157. The van der Waals surface area contributed by atoms with E-state index in [1.165, 1.54) is 22.3 Å². The third kappa shape index (κ3) is 2.45. The van der Waals surface area contributed by atoms with E-state index in [2.05, 4.69) is 24.3 Å². The van der Waals surface area contributed by atoms with Crippen LogP contribution in [0.3, 0.4) is 0 Å². The van der Waals surface area contributed by atoms with E-state index in [0.29, 0.717) is 12.5 Å². The van der Waals surface area contributed by atoms with Gasteiger partial charge in [-0.2, -0.15) is 0 Å². The van der Waals surface area contributed by atoms with E-state index in [4.69, 9.17) is 4.74 Å². The number of carbonyl (C=O) groups excluding carboxylic acids is 1. The maximum absolute atomic E-state index is 12.8. The number of ether oxygens (including phenoxy) is 1.